The number of halogens is 3. The van der Waals surface area contributed by atoms with E-state index in [1.54, 1.807) is 37.3 Å². The second-order valence-corrected chi connectivity index (χ2v) is 11.4. The lowest BCUT2D eigenvalue weighted by Crippen LogP contribution is -2.34. The van der Waals surface area contributed by atoms with E-state index >= 15 is 0 Å². The van der Waals surface area contributed by atoms with Gasteiger partial charge in [0.05, 0.1) is 31.5 Å². The molecule has 0 atom stereocenters. The van der Waals surface area contributed by atoms with E-state index in [1.165, 1.54) is 38.4 Å². The molecule has 4 N–H and O–H groups in total. The summed E-state index contributed by atoms with van der Waals surface area (Å²) in [5.41, 5.74) is 1.96. The second-order valence-electron chi connectivity index (χ2n) is 11.4. The number of anilines is 1. The molecule has 0 fully saturated rings. The van der Waals surface area contributed by atoms with E-state index in [1.807, 2.05) is 0 Å². The predicted octanol–water partition coefficient (Wildman–Crippen LogP) is 6.76. The molecule has 1 amide bonds. The number of amides is 1. The van der Waals surface area contributed by atoms with Crippen molar-refractivity contribution in [2.45, 2.75) is 6.92 Å². The van der Waals surface area contributed by atoms with Crippen LogP contribution in [0.5, 0.6) is 5.75 Å². The first-order valence-corrected chi connectivity index (χ1v) is 14.6. The fraction of sp³-hybridized carbons (Fsp3) is 0.200. The van der Waals surface area contributed by atoms with Crippen LogP contribution in [-0.4, -0.2) is 55.0 Å². The molecule has 0 aliphatic rings. The topological polar surface area (TPSA) is 130 Å². The summed E-state index contributed by atoms with van der Waals surface area (Å²) in [4.78, 5) is 17.5. The summed E-state index contributed by atoms with van der Waals surface area (Å²) >= 11 is 0. The van der Waals surface area contributed by atoms with Gasteiger partial charge in [0.15, 0.2) is 11.4 Å². The van der Waals surface area contributed by atoms with Crippen LogP contribution in [-0.2, 0) is 0 Å². The van der Waals surface area contributed by atoms with Gasteiger partial charge in [0.2, 0.25) is 5.89 Å². The molecule has 242 valence electrons. The van der Waals surface area contributed by atoms with Gasteiger partial charge in [-0.3, -0.25) is 4.79 Å². The van der Waals surface area contributed by atoms with Crippen LogP contribution in [0.4, 0.5) is 18.9 Å². The minimum atomic E-state index is -0.884. The number of rotatable bonds is 10. The molecule has 4 aromatic carbocycles. The number of methoxy groups -OCH3 is 1. The molecule has 0 aliphatic heterocycles. The summed E-state index contributed by atoms with van der Waals surface area (Å²) in [7, 11) is 2.94. The Kier molecular flexibility index (Phi) is 8.39. The number of aromatic nitrogens is 1. The molecule has 6 aromatic rings. The summed E-state index contributed by atoms with van der Waals surface area (Å²) in [5, 5.41) is 26.3. The average Bonchev–Trinajstić information content (AvgIpc) is 3.68. The van der Waals surface area contributed by atoms with Gasteiger partial charge in [0.25, 0.3) is 5.91 Å². The van der Waals surface area contributed by atoms with Gasteiger partial charge in [-0.05, 0) is 48.0 Å². The van der Waals surface area contributed by atoms with E-state index in [2.05, 4.69) is 15.6 Å². The predicted molar refractivity (Wildman–Crippen MR) is 171 cm³/mol. The lowest BCUT2D eigenvalue weighted by Gasteiger charge is -2.26. The van der Waals surface area contributed by atoms with Crippen LogP contribution in [0.25, 0.3) is 56.0 Å². The standard InChI is InChI=1S/C35H30F3N3O6/c1-35(16-42,17-43)15-40-26-14-28-23(30(33(44)39-2)32(46-28)18-4-7-20(36)8-5-18)13-22(26)19-6-9-27(45-3)24(10-19)34-41-31-25(38)11-21(37)12-29(31)47-34/h4-14,40,42-43H,15-17H2,1-3H3,(H,39,44). The Morgan fingerprint density at radius 2 is 1.62 bits per heavy atom. The highest BCUT2D eigenvalue weighted by molar-refractivity contribution is 6.13. The van der Waals surface area contributed by atoms with Gasteiger partial charge in [-0.2, -0.15) is 0 Å². The van der Waals surface area contributed by atoms with Crippen LogP contribution in [0.1, 0.15) is 17.3 Å². The molecule has 0 radical (unpaired) electrons. The molecular formula is C35H30F3N3O6. The minimum Gasteiger partial charge on any atom is -0.496 e. The third-order valence-electron chi connectivity index (χ3n) is 8.01. The quantitative estimate of drug-likeness (QED) is 0.129. The van der Waals surface area contributed by atoms with Crippen molar-refractivity contribution in [3.63, 3.8) is 0 Å². The Labute approximate surface area is 266 Å². The molecule has 6 rings (SSSR count). The zero-order chi connectivity index (χ0) is 33.5. The van der Waals surface area contributed by atoms with Gasteiger partial charge < -0.3 is 34.4 Å². The van der Waals surface area contributed by atoms with Crippen molar-refractivity contribution < 1.29 is 41.8 Å². The Balaban J connectivity index is 1.58. The molecule has 2 aromatic heterocycles. The highest BCUT2D eigenvalue weighted by atomic mass is 19.1. The van der Waals surface area contributed by atoms with Crippen LogP contribution in [0.15, 0.2) is 75.6 Å². The Morgan fingerprint density at radius 1 is 0.894 bits per heavy atom. The molecule has 0 saturated heterocycles. The first-order valence-electron chi connectivity index (χ1n) is 14.6. The van der Waals surface area contributed by atoms with Gasteiger partial charge in [-0.1, -0.05) is 13.0 Å². The Morgan fingerprint density at radius 3 is 2.30 bits per heavy atom. The summed E-state index contributed by atoms with van der Waals surface area (Å²) in [5.74, 6) is -2.01. The number of carbonyl (C=O) groups is 1. The molecular weight excluding hydrogens is 615 g/mol. The molecule has 12 heteroatoms. The van der Waals surface area contributed by atoms with Crippen molar-refractivity contribution in [3.05, 3.63) is 89.7 Å². The molecule has 0 bridgehead atoms. The zero-order valence-electron chi connectivity index (χ0n) is 25.6. The fourth-order valence-electron chi connectivity index (χ4n) is 5.27. The molecule has 0 aliphatic carbocycles. The molecule has 2 heterocycles. The second kappa shape index (κ2) is 12.5. The number of aliphatic hydroxyl groups is 2. The minimum absolute atomic E-state index is 0.0140. The van der Waals surface area contributed by atoms with Crippen molar-refractivity contribution in [2.24, 2.45) is 5.41 Å². The van der Waals surface area contributed by atoms with Crippen LogP contribution in [0, 0.1) is 22.9 Å². The maximum Gasteiger partial charge on any atom is 0.255 e. The Hall–Kier alpha value is -5.33. The van der Waals surface area contributed by atoms with Crippen molar-refractivity contribution >= 4 is 33.7 Å². The number of hydrogen-bond donors (Lipinski definition) is 4. The van der Waals surface area contributed by atoms with Crippen LogP contribution in [0.3, 0.4) is 0 Å². The first-order chi connectivity index (χ1) is 22.6. The number of ether oxygens (including phenoxy) is 1. The number of oxazole rings is 1. The third-order valence-corrected chi connectivity index (χ3v) is 8.01. The number of hydrogen-bond acceptors (Lipinski definition) is 8. The molecule has 0 saturated carbocycles. The van der Waals surface area contributed by atoms with Crippen LogP contribution in [0.2, 0.25) is 0 Å². The average molecular weight is 646 g/mol. The van der Waals surface area contributed by atoms with E-state index in [4.69, 9.17) is 13.6 Å². The van der Waals surface area contributed by atoms with Crippen LogP contribution >= 0.6 is 0 Å². The molecule has 0 spiro atoms. The summed E-state index contributed by atoms with van der Waals surface area (Å²) in [6.45, 7) is 1.27. The number of furan rings is 1. The number of benzene rings is 4. The van der Waals surface area contributed by atoms with E-state index in [0.29, 0.717) is 44.7 Å². The van der Waals surface area contributed by atoms with Gasteiger partial charge in [0, 0.05) is 59.4 Å². The summed E-state index contributed by atoms with van der Waals surface area (Å²) in [6.07, 6.45) is 0. The van der Waals surface area contributed by atoms with Crippen molar-refractivity contribution in [3.8, 4) is 39.7 Å². The van der Waals surface area contributed by atoms with Gasteiger partial charge in [0.1, 0.15) is 34.2 Å². The maximum atomic E-state index is 14.5. The monoisotopic (exact) mass is 645 g/mol. The summed E-state index contributed by atoms with van der Waals surface area (Å²) in [6, 6.07) is 15.9. The fourth-order valence-corrected chi connectivity index (χ4v) is 5.27. The normalized spacial score (nSPS) is 11.7. The number of nitrogens with one attached hydrogen (secondary N) is 2. The smallest absolute Gasteiger partial charge is 0.255 e. The molecule has 0 unspecified atom stereocenters. The van der Waals surface area contributed by atoms with Crippen molar-refractivity contribution in [1.29, 1.82) is 0 Å². The maximum absolute atomic E-state index is 14.5. The van der Waals surface area contributed by atoms with Crippen LogP contribution < -0.4 is 15.4 Å². The van der Waals surface area contributed by atoms with Gasteiger partial charge >= 0.3 is 0 Å². The summed E-state index contributed by atoms with van der Waals surface area (Å²) < 4.78 is 59.7. The van der Waals surface area contributed by atoms with E-state index in [-0.39, 0.29) is 48.1 Å². The van der Waals surface area contributed by atoms with E-state index in [9.17, 15) is 28.2 Å². The molecule has 47 heavy (non-hydrogen) atoms. The number of fused-ring (bicyclic) bond motifs is 2. The number of nitrogens with zero attached hydrogens (tertiary/aromatic N) is 1. The SMILES string of the molecule is CNC(=O)c1c(-c2ccc(F)cc2)oc2cc(NCC(C)(CO)CO)c(-c3ccc(OC)c(-c4nc5c(F)cc(F)cc5o4)c3)cc12. The lowest BCUT2D eigenvalue weighted by molar-refractivity contribution is 0.0806. The van der Waals surface area contributed by atoms with Gasteiger partial charge in [-0.15, -0.1) is 0 Å². The van der Waals surface area contributed by atoms with Crippen molar-refractivity contribution in [1.82, 2.24) is 10.3 Å². The Bertz CT molecular complexity index is 2120. The zero-order valence-corrected chi connectivity index (χ0v) is 25.6. The van der Waals surface area contributed by atoms with Gasteiger partial charge in [-0.25, -0.2) is 18.2 Å². The highest BCUT2D eigenvalue weighted by Crippen LogP contribution is 2.42. The first kappa shape index (κ1) is 31.6. The van der Waals surface area contributed by atoms with E-state index in [0.717, 1.165) is 12.1 Å². The van der Waals surface area contributed by atoms with E-state index < -0.39 is 28.8 Å². The van der Waals surface area contributed by atoms with Crippen molar-refractivity contribution in [2.75, 3.05) is 39.2 Å². The number of carbonyl (C=O) groups excluding carboxylic acids is 1. The largest absolute Gasteiger partial charge is 0.496 e. The molecule has 9 nitrogen and oxygen atoms in total. The lowest BCUT2D eigenvalue weighted by atomic mass is 9.92. The highest BCUT2D eigenvalue weighted by Gasteiger charge is 2.27. The third kappa shape index (κ3) is 5.88. The number of aliphatic hydroxyl groups excluding tert-OH is 2.